The minimum Gasteiger partial charge on any atom is -0.311 e. The van der Waals surface area contributed by atoms with Crippen LogP contribution in [0.25, 0.3) is 0 Å². The molecule has 1 aliphatic heterocycles. The molecule has 1 saturated heterocycles. The summed E-state index contributed by atoms with van der Waals surface area (Å²) in [6.45, 7) is 5.36. The SMILES string of the molecule is CCN(C(=O)C1(C)CCCCN1)c1ccc(F)cc1. The fourth-order valence-electron chi connectivity index (χ4n) is 2.60. The highest BCUT2D eigenvalue weighted by atomic mass is 19.1. The molecule has 1 aromatic carbocycles. The van der Waals surface area contributed by atoms with Gasteiger partial charge in [0.1, 0.15) is 5.82 Å². The van der Waals surface area contributed by atoms with Gasteiger partial charge in [-0.3, -0.25) is 4.79 Å². The lowest BCUT2D eigenvalue weighted by Crippen LogP contribution is -2.58. The zero-order valence-corrected chi connectivity index (χ0v) is 11.6. The lowest BCUT2D eigenvalue weighted by atomic mass is 9.89. The zero-order chi connectivity index (χ0) is 13.9. The van der Waals surface area contributed by atoms with Crippen LogP contribution in [0.4, 0.5) is 10.1 Å². The Morgan fingerprint density at radius 1 is 1.37 bits per heavy atom. The Balaban J connectivity index is 2.21. The van der Waals surface area contributed by atoms with Crippen LogP contribution in [0.15, 0.2) is 24.3 Å². The smallest absolute Gasteiger partial charge is 0.246 e. The van der Waals surface area contributed by atoms with Crippen molar-refractivity contribution in [3.8, 4) is 0 Å². The number of nitrogens with zero attached hydrogens (tertiary/aromatic N) is 1. The molecule has 0 spiro atoms. The summed E-state index contributed by atoms with van der Waals surface area (Å²) >= 11 is 0. The minimum absolute atomic E-state index is 0.0707. The molecule has 104 valence electrons. The second kappa shape index (κ2) is 5.70. The van der Waals surface area contributed by atoms with Crippen LogP contribution in [-0.2, 0) is 4.79 Å². The molecule has 0 radical (unpaired) electrons. The van der Waals surface area contributed by atoms with E-state index in [2.05, 4.69) is 5.32 Å². The van der Waals surface area contributed by atoms with Gasteiger partial charge in [-0.1, -0.05) is 0 Å². The van der Waals surface area contributed by atoms with Gasteiger partial charge in [-0.25, -0.2) is 4.39 Å². The number of rotatable bonds is 3. The van der Waals surface area contributed by atoms with Crippen LogP contribution in [0, 0.1) is 5.82 Å². The topological polar surface area (TPSA) is 32.3 Å². The predicted octanol–water partition coefficient (Wildman–Crippen LogP) is 2.71. The van der Waals surface area contributed by atoms with Gasteiger partial charge in [0, 0.05) is 12.2 Å². The molecular formula is C15H21FN2O. The van der Waals surface area contributed by atoms with E-state index in [1.165, 1.54) is 12.1 Å². The Labute approximate surface area is 113 Å². The van der Waals surface area contributed by atoms with E-state index in [1.54, 1.807) is 17.0 Å². The summed E-state index contributed by atoms with van der Waals surface area (Å²) in [7, 11) is 0. The van der Waals surface area contributed by atoms with Gasteiger partial charge in [0.05, 0.1) is 5.54 Å². The maximum Gasteiger partial charge on any atom is 0.246 e. The normalized spacial score (nSPS) is 23.1. The first-order valence-electron chi connectivity index (χ1n) is 6.89. The van der Waals surface area contributed by atoms with Crippen LogP contribution in [0.2, 0.25) is 0 Å². The van der Waals surface area contributed by atoms with Crippen molar-refractivity contribution in [3.63, 3.8) is 0 Å². The number of amides is 1. The molecule has 3 nitrogen and oxygen atoms in total. The van der Waals surface area contributed by atoms with E-state index in [1.807, 2.05) is 13.8 Å². The van der Waals surface area contributed by atoms with Crippen LogP contribution in [0.1, 0.15) is 33.1 Å². The third-order valence-corrected chi connectivity index (χ3v) is 3.79. The van der Waals surface area contributed by atoms with E-state index in [4.69, 9.17) is 0 Å². The van der Waals surface area contributed by atoms with Crippen molar-refractivity contribution in [2.24, 2.45) is 0 Å². The maximum atomic E-state index is 13.0. The van der Waals surface area contributed by atoms with Crippen LogP contribution in [0.5, 0.6) is 0 Å². The van der Waals surface area contributed by atoms with E-state index >= 15 is 0 Å². The molecule has 0 saturated carbocycles. The number of anilines is 1. The molecule has 0 aromatic heterocycles. The number of hydrogen-bond acceptors (Lipinski definition) is 2. The van der Waals surface area contributed by atoms with Crippen molar-refractivity contribution in [1.82, 2.24) is 5.32 Å². The fraction of sp³-hybridized carbons (Fsp3) is 0.533. The zero-order valence-electron chi connectivity index (χ0n) is 11.6. The van der Waals surface area contributed by atoms with Gasteiger partial charge in [0.15, 0.2) is 0 Å². The quantitative estimate of drug-likeness (QED) is 0.910. The third kappa shape index (κ3) is 2.95. The highest BCUT2D eigenvalue weighted by Crippen LogP contribution is 2.24. The Morgan fingerprint density at radius 3 is 2.58 bits per heavy atom. The number of halogens is 1. The van der Waals surface area contributed by atoms with Crippen molar-refractivity contribution in [1.29, 1.82) is 0 Å². The van der Waals surface area contributed by atoms with Gasteiger partial charge >= 0.3 is 0 Å². The molecule has 0 bridgehead atoms. The van der Waals surface area contributed by atoms with Crippen LogP contribution < -0.4 is 10.2 Å². The summed E-state index contributed by atoms with van der Waals surface area (Å²) in [5.41, 5.74) is 0.255. The van der Waals surface area contributed by atoms with Gasteiger partial charge in [0.2, 0.25) is 5.91 Å². The van der Waals surface area contributed by atoms with E-state index in [0.29, 0.717) is 6.54 Å². The lowest BCUT2D eigenvalue weighted by molar-refractivity contribution is -0.125. The van der Waals surface area contributed by atoms with E-state index in [0.717, 1.165) is 31.5 Å². The number of carbonyl (C=O) groups is 1. The average molecular weight is 264 g/mol. The predicted molar refractivity (Wildman–Crippen MR) is 74.7 cm³/mol. The summed E-state index contributed by atoms with van der Waals surface area (Å²) in [4.78, 5) is 14.4. The summed E-state index contributed by atoms with van der Waals surface area (Å²) in [6, 6.07) is 6.09. The van der Waals surface area contributed by atoms with Crippen LogP contribution in [0.3, 0.4) is 0 Å². The number of nitrogens with one attached hydrogen (secondary N) is 1. The van der Waals surface area contributed by atoms with Crippen molar-refractivity contribution >= 4 is 11.6 Å². The van der Waals surface area contributed by atoms with Gasteiger partial charge in [-0.2, -0.15) is 0 Å². The molecule has 4 heteroatoms. The summed E-state index contributed by atoms with van der Waals surface area (Å²) < 4.78 is 13.0. The molecule has 1 amide bonds. The van der Waals surface area contributed by atoms with Gasteiger partial charge in [-0.15, -0.1) is 0 Å². The highest BCUT2D eigenvalue weighted by Gasteiger charge is 2.37. The summed E-state index contributed by atoms with van der Waals surface area (Å²) in [5, 5.41) is 3.33. The first-order valence-corrected chi connectivity index (χ1v) is 6.89. The first kappa shape index (κ1) is 14.0. The fourth-order valence-corrected chi connectivity index (χ4v) is 2.60. The summed E-state index contributed by atoms with van der Waals surface area (Å²) in [5.74, 6) is -0.212. The molecule has 1 unspecified atom stereocenters. The molecular weight excluding hydrogens is 243 g/mol. The number of carbonyl (C=O) groups excluding carboxylic acids is 1. The monoisotopic (exact) mass is 264 g/mol. The third-order valence-electron chi connectivity index (χ3n) is 3.79. The number of benzene rings is 1. The van der Waals surface area contributed by atoms with E-state index < -0.39 is 5.54 Å². The molecule has 1 N–H and O–H groups in total. The Morgan fingerprint density at radius 2 is 2.05 bits per heavy atom. The molecule has 2 rings (SSSR count). The highest BCUT2D eigenvalue weighted by molar-refractivity contribution is 6.00. The summed E-state index contributed by atoms with van der Waals surface area (Å²) in [6.07, 6.45) is 3.03. The lowest BCUT2D eigenvalue weighted by Gasteiger charge is -2.37. The first-order chi connectivity index (χ1) is 9.07. The Hall–Kier alpha value is -1.42. The molecule has 0 aliphatic carbocycles. The minimum atomic E-state index is -0.497. The second-order valence-corrected chi connectivity index (χ2v) is 5.24. The average Bonchev–Trinajstić information content (AvgIpc) is 2.42. The Bertz CT molecular complexity index is 438. The number of hydrogen-bond donors (Lipinski definition) is 1. The van der Waals surface area contributed by atoms with Crippen LogP contribution >= 0.6 is 0 Å². The molecule has 1 aliphatic rings. The van der Waals surface area contributed by atoms with Crippen molar-refractivity contribution in [2.75, 3.05) is 18.0 Å². The molecule has 19 heavy (non-hydrogen) atoms. The van der Waals surface area contributed by atoms with Gasteiger partial charge in [-0.05, 0) is 63.9 Å². The molecule has 1 heterocycles. The maximum absolute atomic E-state index is 13.0. The number of piperidine rings is 1. The number of likely N-dealkylation sites (N-methyl/N-ethyl adjacent to an activating group) is 1. The van der Waals surface area contributed by atoms with Crippen molar-refractivity contribution in [2.45, 2.75) is 38.6 Å². The molecule has 1 fully saturated rings. The van der Waals surface area contributed by atoms with Crippen LogP contribution in [-0.4, -0.2) is 24.5 Å². The molecule has 1 atom stereocenters. The standard InChI is InChI=1S/C15H21FN2O/c1-3-18(13-8-6-12(16)7-9-13)14(19)15(2)10-4-5-11-17-15/h6-9,17H,3-5,10-11H2,1-2H3. The van der Waals surface area contributed by atoms with Crippen molar-refractivity contribution < 1.29 is 9.18 Å². The Kier molecular flexibility index (Phi) is 4.20. The molecule has 1 aromatic rings. The van der Waals surface area contributed by atoms with Crippen molar-refractivity contribution in [3.05, 3.63) is 30.1 Å². The van der Waals surface area contributed by atoms with E-state index in [-0.39, 0.29) is 11.7 Å². The second-order valence-electron chi connectivity index (χ2n) is 5.24. The largest absolute Gasteiger partial charge is 0.311 e. The van der Waals surface area contributed by atoms with Gasteiger partial charge < -0.3 is 10.2 Å². The van der Waals surface area contributed by atoms with Gasteiger partial charge in [0.25, 0.3) is 0 Å². The van der Waals surface area contributed by atoms with E-state index in [9.17, 15) is 9.18 Å².